The average Bonchev–Trinajstić information content (AvgIpc) is 3.16. The first-order valence-electron chi connectivity index (χ1n) is 17.5. The summed E-state index contributed by atoms with van der Waals surface area (Å²) in [5, 5.41) is 0. The van der Waals surface area contributed by atoms with Crippen molar-refractivity contribution in [1.82, 2.24) is 0 Å². The van der Waals surface area contributed by atoms with Crippen molar-refractivity contribution in [1.29, 1.82) is 0 Å². The van der Waals surface area contributed by atoms with Crippen LogP contribution in [-0.2, 0) is 31.3 Å². The third-order valence-electron chi connectivity index (χ3n) is 9.87. The first-order chi connectivity index (χ1) is 20.5. The highest BCUT2D eigenvalue weighted by Gasteiger charge is 2.53. The summed E-state index contributed by atoms with van der Waals surface area (Å²) < 4.78 is 26.5. The summed E-state index contributed by atoms with van der Waals surface area (Å²) in [7, 11) is -0.519. The van der Waals surface area contributed by atoms with Gasteiger partial charge in [0.05, 0.1) is 17.8 Å². The summed E-state index contributed by atoms with van der Waals surface area (Å²) in [6, 6.07) is 11.8. The Kier molecular flexibility index (Phi) is 11.1. The van der Waals surface area contributed by atoms with E-state index >= 15 is 0 Å². The van der Waals surface area contributed by atoms with Crippen LogP contribution >= 0.6 is 0 Å². The fourth-order valence-corrected chi connectivity index (χ4v) is 6.04. The Morgan fingerprint density at radius 2 is 1.36 bits per heavy atom. The van der Waals surface area contributed by atoms with Crippen LogP contribution in [0.25, 0.3) is 11.1 Å². The highest BCUT2D eigenvalue weighted by Crippen LogP contribution is 2.41. The van der Waals surface area contributed by atoms with Crippen LogP contribution < -0.4 is 10.2 Å². The molecule has 4 rings (SSSR count). The fraction of sp³-hybridized carbons (Fsp3) is 0.692. The predicted octanol–water partition coefficient (Wildman–Crippen LogP) is 10.1. The normalized spacial score (nSPS) is 20.2. The van der Waals surface area contributed by atoms with Crippen molar-refractivity contribution in [2.24, 2.45) is 0 Å². The van der Waals surface area contributed by atoms with Gasteiger partial charge in [0.1, 0.15) is 5.75 Å². The molecule has 0 aromatic heterocycles. The molecule has 0 N–H and O–H groups in total. The van der Waals surface area contributed by atoms with Crippen molar-refractivity contribution in [3.05, 3.63) is 47.0 Å². The lowest BCUT2D eigenvalue weighted by atomic mass is 9.74. The van der Waals surface area contributed by atoms with Crippen LogP contribution in [0.4, 0.5) is 0 Å². The van der Waals surface area contributed by atoms with Crippen molar-refractivity contribution in [3.8, 4) is 16.9 Å². The second-order valence-electron chi connectivity index (χ2n) is 16.4. The van der Waals surface area contributed by atoms with Gasteiger partial charge in [-0.05, 0) is 92.5 Å². The molecule has 0 radical (unpaired) electrons. The summed E-state index contributed by atoms with van der Waals surface area (Å²) >= 11 is 0. The van der Waals surface area contributed by atoms with E-state index in [2.05, 4.69) is 106 Å². The van der Waals surface area contributed by atoms with Crippen molar-refractivity contribution in [3.63, 3.8) is 0 Å². The molecule has 2 aromatic carbocycles. The number of unbranched alkanes of at least 4 members (excludes halogenated alkanes) is 5. The average molecular weight is 605 g/mol. The number of hydrogen-bond acceptors (Lipinski definition) is 4. The maximum absolute atomic E-state index is 6.91. The molecule has 0 spiro atoms. The minimum absolute atomic E-state index is 0.00810. The first-order valence-corrected chi connectivity index (χ1v) is 17.5. The van der Waals surface area contributed by atoms with E-state index in [1.54, 1.807) is 0 Å². The van der Waals surface area contributed by atoms with Gasteiger partial charge in [-0.1, -0.05) is 105 Å². The zero-order valence-corrected chi connectivity index (χ0v) is 30.0. The molecule has 2 heterocycles. The zero-order valence-electron chi connectivity index (χ0n) is 30.0. The smallest absolute Gasteiger partial charge is 0.465 e. The molecule has 2 saturated heterocycles. The number of ether oxygens (including phenoxy) is 2. The summed E-state index contributed by atoms with van der Waals surface area (Å²) in [5.41, 5.74) is 6.39. The van der Waals surface area contributed by atoms with Crippen LogP contribution in [-0.4, -0.2) is 31.2 Å². The van der Waals surface area contributed by atoms with Crippen LogP contribution in [0, 0.1) is 0 Å². The van der Waals surface area contributed by atoms with Crippen LogP contribution in [0.15, 0.2) is 30.3 Å². The van der Waals surface area contributed by atoms with Gasteiger partial charge in [0.15, 0.2) is 6.29 Å². The highest BCUT2D eigenvalue weighted by molar-refractivity contribution is 6.63. The molecule has 0 aliphatic carbocycles. The number of hydrogen-bond donors (Lipinski definition) is 0. The second kappa shape index (κ2) is 13.9. The van der Waals surface area contributed by atoms with Gasteiger partial charge in [-0.15, -0.1) is 0 Å². The lowest BCUT2D eigenvalue weighted by Crippen LogP contribution is -2.41. The zero-order chi connectivity index (χ0) is 32.3. The van der Waals surface area contributed by atoms with Gasteiger partial charge in [-0.25, -0.2) is 0 Å². The van der Waals surface area contributed by atoms with E-state index in [1.807, 2.05) is 0 Å². The third-order valence-corrected chi connectivity index (χ3v) is 9.87. The molecule has 44 heavy (non-hydrogen) atoms. The molecule has 1 unspecified atom stereocenters. The van der Waals surface area contributed by atoms with E-state index in [9.17, 15) is 0 Å². The van der Waals surface area contributed by atoms with Crippen LogP contribution in [0.5, 0.6) is 5.75 Å². The molecule has 2 aliphatic rings. The summed E-state index contributed by atoms with van der Waals surface area (Å²) in [6.45, 7) is 25.3. The van der Waals surface area contributed by atoms with Gasteiger partial charge in [-0.2, -0.15) is 0 Å². The van der Waals surface area contributed by atoms with Crippen LogP contribution in [0.3, 0.4) is 0 Å². The van der Waals surface area contributed by atoms with Gasteiger partial charge in [0.2, 0.25) is 0 Å². The molecule has 5 heteroatoms. The van der Waals surface area contributed by atoms with E-state index < -0.39 is 18.3 Å². The molecule has 2 aromatic rings. The third kappa shape index (κ3) is 8.50. The molecular formula is C39H61BO4. The van der Waals surface area contributed by atoms with Crippen molar-refractivity contribution in [2.45, 2.75) is 169 Å². The summed E-state index contributed by atoms with van der Waals surface area (Å²) in [4.78, 5) is 0. The van der Waals surface area contributed by atoms with Crippen molar-refractivity contribution < 1.29 is 18.8 Å². The van der Waals surface area contributed by atoms with Gasteiger partial charge < -0.3 is 18.8 Å². The molecule has 0 saturated carbocycles. The van der Waals surface area contributed by atoms with Gasteiger partial charge in [0.25, 0.3) is 0 Å². The number of benzene rings is 2. The SMILES string of the molecule is CCCCCCCCc1cc(B2OC(C)(C)C(C)(C)O2)c(OC2CCCCO2)c(-c2cc(C(C)(C)C)cc(C(C)(C)C)c2)c1. The van der Waals surface area contributed by atoms with Gasteiger partial charge in [0, 0.05) is 17.4 Å². The highest BCUT2D eigenvalue weighted by atomic mass is 16.7. The first kappa shape index (κ1) is 35.0. The maximum Gasteiger partial charge on any atom is 0.498 e. The molecule has 0 amide bonds. The van der Waals surface area contributed by atoms with E-state index in [0.717, 1.165) is 49.1 Å². The quantitative estimate of drug-likeness (QED) is 0.189. The molecule has 4 nitrogen and oxygen atoms in total. The lowest BCUT2D eigenvalue weighted by molar-refractivity contribution is -0.105. The lowest BCUT2D eigenvalue weighted by Gasteiger charge is -2.32. The molecule has 244 valence electrons. The summed E-state index contributed by atoms with van der Waals surface area (Å²) in [5.74, 6) is 0.841. The van der Waals surface area contributed by atoms with E-state index in [-0.39, 0.29) is 17.1 Å². The monoisotopic (exact) mass is 604 g/mol. The summed E-state index contributed by atoms with van der Waals surface area (Å²) in [6.07, 6.45) is 11.5. The largest absolute Gasteiger partial charge is 0.498 e. The fourth-order valence-electron chi connectivity index (χ4n) is 6.04. The van der Waals surface area contributed by atoms with Crippen molar-refractivity contribution >= 4 is 12.6 Å². The van der Waals surface area contributed by atoms with E-state index in [1.165, 1.54) is 60.8 Å². The Morgan fingerprint density at radius 3 is 1.91 bits per heavy atom. The number of aryl methyl sites for hydroxylation is 1. The molecule has 2 fully saturated rings. The predicted molar refractivity (Wildman–Crippen MR) is 186 cm³/mol. The second-order valence-corrected chi connectivity index (χ2v) is 16.4. The van der Waals surface area contributed by atoms with Crippen LogP contribution in [0.1, 0.15) is 151 Å². The van der Waals surface area contributed by atoms with E-state index in [0.29, 0.717) is 0 Å². The topological polar surface area (TPSA) is 36.9 Å². The minimum Gasteiger partial charge on any atom is -0.465 e. The Balaban J connectivity index is 1.89. The molecule has 1 atom stereocenters. The Labute approximate surface area is 270 Å². The van der Waals surface area contributed by atoms with E-state index in [4.69, 9.17) is 18.8 Å². The maximum atomic E-state index is 6.91. The molecular weight excluding hydrogens is 543 g/mol. The Morgan fingerprint density at radius 1 is 0.773 bits per heavy atom. The molecule has 2 aliphatic heterocycles. The van der Waals surface area contributed by atoms with Gasteiger partial charge in [-0.3, -0.25) is 0 Å². The van der Waals surface area contributed by atoms with Crippen molar-refractivity contribution in [2.75, 3.05) is 6.61 Å². The number of rotatable bonds is 11. The van der Waals surface area contributed by atoms with Crippen LogP contribution in [0.2, 0.25) is 0 Å². The molecule has 0 bridgehead atoms. The minimum atomic E-state index is -0.519. The standard InChI is InChI=1S/C39H61BO4/c1-12-13-14-15-16-17-20-28-23-32(29-25-30(36(2,3)4)27-31(26-29)37(5,6)7)35(42-34-21-18-19-22-41-34)33(24-28)40-43-38(8,9)39(10,11)44-40/h23-27,34H,12-22H2,1-11H3. The van der Waals surface area contributed by atoms with Gasteiger partial charge >= 0.3 is 7.12 Å². The Hall–Kier alpha value is -1.82. The Bertz CT molecular complexity index is 1200.